The molecule has 0 aromatic heterocycles. The molecule has 0 radical (unpaired) electrons. The molecule has 1 atom stereocenters. The maximum atomic E-state index is 9.41. The van der Waals surface area contributed by atoms with E-state index in [-0.39, 0.29) is 5.92 Å². The molecule has 23 heavy (non-hydrogen) atoms. The molecule has 0 amide bonds. The van der Waals surface area contributed by atoms with E-state index in [2.05, 4.69) is 19.1 Å². The number of hydrogen-bond acceptors (Lipinski definition) is 3. The molecule has 0 spiro atoms. The third kappa shape index (κ3) is 5.03. The fourth-order valence-electron chi connectivity index (χ4n) is 2.57. The summed E-state index contributed by atoms with van der Waals surface area (Å²) >= 11 is 0. The average molecular weight is 309 g/mol. The van der Waals surface area contributed by atoms with Gasteiger partial charge < -0.3 is 9.47 Å². The van der Waals surface area contributed by atoms with E-state index >= 15 is 0 Å². The first kappa shape index (κ1) is 16.9. The van der Waals surface area contributed by atoms with Crippen LogP contribution in [0.25, 0.3) is 0 Å². The zero-order valence-corrected chi connectivity index (χ0v) is 13.8. The van der Waals surface area contributed by atoms with Gasteiger partial charge in [0.05, 0.1) is 25.2 Å². The number of ether oxygens (including phenoxy) is 2. The molecule has 120 valence electrons. The number of hydrogen-bond donors (Lipinski definition) is 0. The number of nitrogens with zero attached hydrogens (tertiary/aromatic N) is 1. The molecule has 2 aromatic rings. The van der Waals surface area contributed by atoms with Gasteiger partial charge >= 0.3 is 0 Å². The van der Waals surface area contributed by atoms with Gasteiger partial charge in [-0.1, -0.05) is 30.3 Å². The molecule has 0 fully saturated rings. The molecule has 0 saturated heterocycles. The van der Waals surface area contributed by atoms with Crippen molar-refractivity contribution in [1.29, 1.82) is 5.26 Å². The van der Waals surface area contributed by atoms with E-state index in [9.17, 15) is 5.26 Å². The predicted molar refractivity (Wildman–Crippen MR) is 91.9 cm³/mol. The normalized spacial score (nSPS) is 11.5. The number of nitriles is 1. The second-order valence-corrected chi connectivity index (χ2v) is 5.44. The third-order valence-electron chi connectivity index (χ3n) is 3.74. The topological polar surface area (TPSA) is 42.2 Å². The molecule has 0 aliphatic rings. The molecule has 0 saturated carbocycles. The molecule has 0 aliphatic carbocycles. The molecular weight excluding hydrogens is 286 g/mol. The summed E-state index contributed by atoms with van der Waals surface area (Å²) in [6, 6.07) is 18.1. The number of benzene rings is 2. The molecule has 0 N–H and O–H groups in total. The molecule has 0 heterocycles. The summed E-state index contributed by atoms with van der Waals surface area (Å²) in [6.07, 6.45) is 1.64. The Morgan fingerprint density at radius 1 is 1.04 bits per heavy atom. The Bertz CT molecular complexity index is 661. The van der Waals surface area contributed by atoms with E-state index in [1.807, 2.05) is 49.4 Å². The highest BCUT2D eigenvalue weighted by atomic mass is 16.5. The monoisotopic (exact) mass is 309 g/mol. The van der Waals surface area contributed by atoms with Crippen molar-refractivity contribution in [3.05, 3.63) is 59.7 Å². The summed E-state index contributed by atoms with van der Waals surface area (Å²) in [4.78, 5) is 0. The van der Waals surface area contributed by atoms with Crippen molar-refractivity contribution in [2.24, 2.45) is 0 Å². The van der Waals surface area contributed by atoms with Crippen LogP contribution in [0.4, 0.5) is 0 Å². The molecule has 2 aromatic carbocycles. The smallest absolute Gasteiger partial charge is 0.122 e. The highest BCUT2D eigenvalue weighted by molar-refractivity contribution is 5.33. The maximum absolute atomic E-state index is 9.41. The first-order valence-electron chi connectivity index (χ1n) is 8.05. The van der Waals surface area contributed by atoms with Crippen LogP contribution >= 0.6 is 0 Å². The van der Waals surface area contributed by atoms with Crippen LogP contribution in [0.15, 0.2) is 48.5 Å². The second-order valence-electron chi connectivity index (χ2n) is 5.44. The van der Waals surface area contributed by atoms with Crippen LogP contribution in [0, 0.1) is 18.3 Å². The summed E-state index contributed by atoms with van der Waals surface area (Å²) in [5.41, 5.74) is 2.29. The zero-order chi connectivity index (χ0) is 16.5. The molecule has 3 heteroatoms. The Balaban J connectivity index is 1.84. The average Bonchev–Trinajstić information content (AvgIpc) is 2.57. The van der Waals surface area contributed by atoms with Gasteiger partial charge in [0, 0.05) is 6.07 Å². The van der Waals surface area contributed by atoms with E-state index in [0.717, 1.165) is 29.9 Å². The van der Waals surface area contributed by atoms with Crippen LogP contribution in [0.2, 0.25) is 0 Å². The van der Waals surface area contributed by atoms with Gasteiger partial charge in [0.2, 0.25) is 0 Å². The van der Waals surface area contributed by atoms with E-state index in [0.29, 0.717) is 13.2 Å². The Labute approximate surface area is 138 Å². The lowest BCUT2D eigenvalue weighted by Crippen LogP contribution is -2.03. The van der Waals surface area contributed by atoms with Crippen LogP contribution in [-0.4, -0.2) is 13.2 Å². The largest absolute Gasteiger partial charge is 0.494 e. The van der Waals surface area contributed by atoms with Gasteiger partial charge in [-0.05, 0) is 49.9 Å². The second kappa shape index (κ2) is 8.85. The van der Waals surface area contributed by atoms with Crippen molar-refractivity contribution >= 4 is 0 Å². The lowest BCUT2D eigenvalue weighted by atomic mass is 9.92. The van der Waals surface area contributed by atoms with Crippen LogP contribution in [0.3, 0.4) is 0 Å². The summed E-state index contributed by atoms with van der Waals surface area (Å²) in [5, 5.41) is 9.41. The lowest BCUT2D eigenvalue weighted by Gasteiger charge is -2.13. The Morgan fingerprint density at radius 3 is 2.48 bits per heavy atom. The first-order chi connectivity index (χ1) is 11.2. The maximum Gasteiger partial charge on any atom is 0.122 e. The van der Waals surface area contributed by atoms with Gasteiger partial charge in [-0.3, -0.25) is 0 Å². The fraction of sp³-hybridized carbons (Fsp3) is 0.350. The lowest BCUT2D eigenvalue weighted by molar-refractivity contribution is 0.299. The predicted octanol–water partition coefficient (Wildman–Crippen LogP) is 4.86. The van der Waals surface area contributed by atoms with Crippen molar-refractivity contribution in [2.45, 2.75) is 32.6 Å². The standard InChI is InChI=1S/C20H23NO2/c1-3-22-18-10-6-11-19(14-18)23-13-7-9-17(15-21)20-12-5-4-8-16(20)2/h4-6,8,10-12,14,17H,3,7,9,13H2,1-2H3. The quantitative estimate of drug-likeness (QED) is 0.654. The highest BCUT2D eigenvalue weighted by Crippen LogP contribution is 2.24. The number of rotatable bonds is 8. The van der Waals surface area contributed by atoms with Gasteiger partial charge in [-0.2, -0.15) is 5.26 Å². The fourth-order valence-corrected chi connectivity index (χ4v) is 2.57. The summed E-state index contributed by atoms with van der Waals surface area (Å²) < 4.78 is 11.2. The van der Waals surface area contributed by atoms with E-state index in [1.165, 1.54) is 5.56 Å². The molecule has 1 unspecified atom stereocenters. The third-order valence-corrected chi connectivity index (χ3v) is 3.74. The highest BCUT2D eigenvalue weighted by Gasteiger charge is 2.12. The van der Waals surface area contributed by atoms with Gasteiger partial charge in [0.25, 0.3) is 0 Å². The van der Waals surface area contributed by atoms with Gasteiger partial charge in [-0.15, -0.1) is 0 Å². The molecule has 3 nitrogen and oxygen atoms in total. The van der Waals surface area contributed by atoms with Crippen LogP contribution in [-0.2, 0) is 0 Å². The zero-order valence-electron chi connectivity index (χ0n) is 13.8. The summed E-state index contributed by atoms with van der Waals surface area (Å²) in [5.74, 6) is 1.55. The van der Waals surface area contributed by atoms with Crippen molar-refractivity contribution in [3.63, 3.8) is 0 Å². The van der Waals surface area contributed by atoms with Crippen molar-refractivity contribution < 1.29 is 9.47 Å². The van der Waals surface area contributed by atoms with E-state index in [4.69, 9.17) is 9.47 Å². The molecule has 2 rings (SSSR count). The van der Waals surface area contributed by atoms with Crippen molar-refractivity contribution in [3.8, 4) is 17.6 Å². The van der Waals surface area contributed by atoms with Crippen LogP contribution < -0.4 is 9.47 Å². The summed E-state index contributed by atoms with van der Waals surface area (Å²) in [6.45, 7) is 5.25. The summed E-state index contributed by atoms with van der Waals surface area (Å²) in [7, 11) is 0. The minimum atomic E-state index is -0.0745. The molecular formula is C20H23NO2. The van der Waals surface area contributed by atoms with Gasteiger partial charge in [-0.25, -0.2) is 0 Å². The SMILES string of the molecule is CCOc1cccc(OCCCC(C#N)c2ccccc2C)c1. The molecule has 0 aliphatic heterocycles. The van der Waals surface area contributed by atoms with Gasteiger partial charge in [0.1, 0.15) is 11.5 Å². The van der Waals surface area contributed by atoms with E-state index < -0.39 is 0 Å². The number of aryl methyl sites for hydroxylation is 1. The van der Waals surface area contributed by atoms with Gasteiger partial charge in [0.15, 0.2) is 0 Å². The van der Waals surface area contributed by atoms with Crippen molar-refractivity contribution in [1.82, 2.24) is 0 Å². The Morgan fingerprint density at radius 2 is 1.78 bits per heavy atom. The minimum Gasteiger partial charge on any atom is -0.494 e. The van der Waals surface area contributed by atoms with Crippen LogP contribution in [0.5, 0.6) is 11.5 Å². The Hall–Kier alpha value is -2.47. The first-order valence-corrected chi connectivity index (χ1v) is 8.05. The van der Waals surface area contributed by atoms with Crippen LogP contribution in [0.1, 0.15) is 36.8 Å². The molecule has 0 bridgehead atoms. The Kier molecular flexibility index (Phi) is 6.50. The van der Waals surface area contributed by atoms with Crippen molar-refractivity contribution in [2.75, 3.05) is 13.2 Å². The minimum absolute atomic E-state index is 0.0745. The van der Waals surface area contributed by atoms with E-state index in [1.54, 1.807) is 0 Å².